The second-order valence-corrected chi connectivity index (χ2v) is 8.14. The van der Waals surface area contributed by atoms with Crippen molar-refractivity contribution < 1.29 is 19.2 Å². The Balaban J connectivity index is 1.45. The number of ether oxygens (including phenoxy) is 1. The summed E-state index contributed by atoms with van der Waals surface area (Å²) in [4.78, 5) is 35.8. The standard InChI is InChI=1S/C21H15ClN4O5S/c1-12-15-10-18(32-20(15)25(24-12)17-5-3-2-4-16(17)22)21(28)31-11-19(27)23-13-6-8-14(9-7-13)26(29)30/h2-10H,11H2,1H3,(H,23,27). The number of hydrogen-bond acceptors (Lipinski definition) is 7. The molecule has 2 aromatic heterocycles. The molecular weight excluding hydrogens is 456 g/mol. The lowest BCUT2D eigenvalue weighted by Gasteiger charge is -2.06. The average molecular weight is 471 g/mol. The molecule has 0 aliphatic carbocycles. The first-order chi connectivity index (χ1) is 15.3. The number of amides is 1. The van der Waals surface area contributed by atoms with Crippen LogP contribution in [0.4, 0.5) is 11.4 Å². The van der Waals surface area contributed by atoms with E-state index in [1.807, 2.05) is 25.1 Å². The number of benzene rings is 2. The normalized spacial score (nSPS) is 10.8. The van der Waals surface area contributed by atoms with Gasteiger partial charge < -0.3 is 10.1 Å². The highest BCUT2D eigenvalue weighted by molar-refractivity contribution is 7.20. The number of aromatic nitrogens is 2. The van der Waals surface area contributed by atoms with Crippen molar-refractivity contribution in [3.05, 3.63) is 80.3 Å². The molecule has 0 bridgehead atoms. The minimum absolute atomic E-state index is 0.0927. The summed E-state index contributed by atoms with van der Waals surface area (Å²) in [6, 6.07) is 14.2. The molecule has 0 aliphatic rings. The van der Waals surface area contributed by atoms with Gasteiger partial charge in [0.2, 0.25) is 0 Å². The molecule has 0 saturated carbocycles. The van der Waals surface area contributed by atoms with Gasteiger partial charge in [-0.15, -0.1) is 11.3 Å². The van der Waals surface area contributed by atoms with Crippen LogP contribution >= 0.6 is 22.9 Å². The molecule has 32 heavy (non-hydrogen) atoms. The van der Waals surface area contributed by atoms with Crippen molar-refractivity contribution in [3.8, 4) is 5.69 Å². The second-order valence-electron chi connectivity index (χ2n) is 6.71. The topological polar surface area (TPSA) is 116 Å². The zero-order chi connectivity index (χ0) is 22.8. The summed E-state index contributed by atoms with van der Waals surface area (Å²) in [6.45, 7) is 1.33. The molecule has 0 unspecified atom stereocenters. The molecule has 2 aromatic carbocycles. The van der Waals surface area contributed by atoms with Crippen LogP contribution in [0.25, 0.3) is 15.9 Å². The number of halogens is 1. The van der Waals surface area contributed by atoms with E-state index < -0.39 is 23.4 Å². The fraction of sp³-hybridized carbons (Fsp3) is 0.0952. The number of nitro benzene ring substituents is 1. The number of nitro groups is 1. The van der Waals surface area contributed by atoms with Gasteiger partial charge in [0.1, 0.15) is 9.71 Å². The molecule has 11 heteroatoms. The largest absolute Gasteiger partial charge is 0.451 e. The van der Waals surface area contributed by atoms with Gasteiger partial charge >= 0.3 is 5.97 Å². The van der Waals surface area contributed by atoms with Gasteiger partial charge in [-0.05, 0) is 37.3 Å². The van der Waals surface area contributed by atoms with Crippen LogP contribution in [0.3, 0.4) is 0 Å². The quantitative estimate of drug-likeness (QED) is 0.247. The number of esters is 1. The Labute approximate surface area is 190 Å². The predicted molar refractivity (Wildman–Crippen MR) is 121 cm³/mol. The number of non-ortho nitro benzene ring substituents is 1. The molecule has 0 aliphatic heterocycles. The third-order valence-electron chi connectivity index (χ3n) is 4.52. The molecule has 0 atom stereocenters. The number of nitrogens with one attached hydrogen (secondary N) is 1. The Morgan fingerprint density at radius 1 is 1.22 bits per heavy atom. The molecule has 4 aromatic rings. The van der Waals surface area contributed by atoms with Crippen LogP contribution in [-0.2, 0) is 9.53 Å². The van der Waals surface area contributed by atoms with Crippen LogP contribution in [-0.4, -0.2) is 33.2 Å². The fourth-order valence-corrected chi connectivity index (χ4v) is 4.29. The minimum atomic E-state index is -0.643. The maximum absolute atomic E-state index is 12.5. The van der Waals surface area contributed by atoms with Gasteiger partial charge in [0.25, 0.3) is 11.6 Å². The monoisotopic (exact) mass is 470 g/mol. The fourth-order valence-electron chi connectivity index (χ4n) is 3.00. The number of fused-ring (bicyclic) bond motifs is 1. The smallest absolute Gasteiger partial charge is 0.348 e. The molecule has 1 amide bonds. The lowest BCUT2D eigenvalue weighted by Crippen LogP contribution is -2.20. The van der Waals surface area contributed by atoms with Gasteiger partial charge in [-0.3, -0.25) is 14.9 Å². The van der Waals surface area contributed by atoms with Crippen molar-refractivity contribution in [2.75, 3.05) is 11.9 Å². The maximum Gasteiger partial charge on any atom is 0.348 e. The number of carbonyl (C=O) groups excluding carboxylic acids is 2. The molecule has 162 valence electrons. The first-order valence-corrected chi connectivity index (χ1v) is 10.5. The molecule has 0 radical (unpaired) electrons. The van der Waals surface area contributed by atoms with E-state index in [-0.39, 0.29) is 5.69 Å². The Morgan fingerprint density at radius 3 is 2.62 bits per heavy atom. The number of carbonyl (C=O) groups is 2. The summed E-state index contributed by atoms with van der Waals surface area (Å²) in [7, 11) is 0. The van der Waals surface area contributed by atoms with Gasteiger partial charge in [-0.25, -0.2) is 9.48 Å². The van der Waals surface area contributed by atoms with Crippen LogP contribution in [0.1, 0.15) is 15.4 Å². The molecule has 0 spiro atoms. The van der Waals surface area contributed by atoms with E-state index in [4.69, 9.17) is 16.3 Å². The number of thiophene rings is 1. The third-order valence-corrected chi connectivity index (χ3v) is 5.93. The van der Waals surface area contributed by atoms with E-state index in [0.717, 1.165) is 15.9 Å². The number of anilines is 1. The maximum atomic E-state index is 12.5. The van der Waals surface area contributed by atoms with E-state index >= 15 is 0 Å². The van der Waals surface area contributed by atoms with E-state index in [1.165, 1.54) is 35.6 Å². The van der Waals surface area contributed by atoms with Gasteiger partial charge in [-0.2, -0.15) is 5.10 Å². The first-order valence-electron chi connectivity index (χ1n) is 9.29. The molecule has 0 fully saturated rings. The highest BCUT2D eigenvalue weighted by Gasteiger charge is 2.20. The van der Waals surface area contributed by atoms with Crippen LogP contribution in [0.2, 0.25) is 5.02 Å². The highest BCUT2D eigenvalue weighted by atomic mass is 35.5. The summed E-state index contributed by atoms with van der Waals surface area (Å²) < 4.78 is 6.80. The van der Waals surface area contributed by atoms with Gasteiger partial charge in [0.15, 0.2) is 6.61 Å². The number of rotatable bonds is 6. The molecule has 9 nitrogen and oxygen atoms in total. The second kappa shape index (κ2) is 8.77. The summed E-state index contributed by atoms with van der Waals surface area (Å²) in [5.74, 6) is -1.21. The number of nitrogens with zero attached hydrogens (tertiary/aromatic N) is 3. The van der Waals surface area contributed by atoms with Crippen molar-refractivity contribution in [1.29, 1.82) is 0 Å². The summed E-state index contributed by atoms with van der Waals surface area (Å²) in [5, 5.41) is 19.0. The predicted octanol–water partition coefficient (Wildman–Crippen LogP) is 4.75. The van der Waals surface area contributed by atoms with Gasteiger partial charge in [0.05, 0.1) is 21.3 Å². The van der Waals surface area contributed by atoms with E-state index in [1.54, 1.807) is 16.8 Å². The van der Waals surface area contributed by atoms with Crippen molar-refractivity contribution in [2.24, 2.45) is 0 Å². The third kappa shape index (κ3) is 4.32. The van der Waals surface area contributed by atoms with Crippen LogP contribution in [0, 0.1) is 17.0 Å². The zero-order valence-electron chi connectivity index (χ0n) is 16.6. The first kappa shape index (κ1) is 21.5. The number of hydrogen-bond donors (Lipinski definition) is 1. The SMILES string of the molecule is Cc1nn(-c2ccccc2Cl)c2sc(C(=O)OCC(=O)Nc3ccc([N+](=O)[O-])cc3)cc12. The zero-order valence-corrected chi connectivity index (χ0v) is 18.1. The van der Waals surface area contributed by atoms with Crippen molar-refractivity contribution in [3.63, 3.8) is 0 Å². The number of aryl methyl sites for hydroxylation is 1. The Bertz CT molecular complexity index is 1350. The lowest BCUT2D eigenvalue weighted by molar-refractivity contribution is -0.384. The summed E-state index contributed by atoms with van der Waals surface area (Å²) >= 11 is 7.48. The van der Waals surface area contributed by atoms with E-state index in [2.05, 4.69) is 10.4 Å². The van der Waals surface area contributed by atoms with E-state index in [0.29, 0.717) is 21.3 Å². The summed E-state index contributed by atoms with van der Waals surface area (Å²) in [6.07, 6.45) is 0. The average Bonchev–Trinajstić information content (AvgIpc) is 3.34. The molecule has 2 heterocycles. The Morgan fingerprint density at radius 2 is 1.94 bits per heavy atom. The lowest BCUT2D eigenvalue weighted by atomic mass is 10.3. The van der Waals surface area contributed by atoms with E-state index in [9.17, 15) is 19.7 Å². The van der Waals surface area contributed by atoms with Crippen LogP contribution in [0.5, 0.6) is 0 Å². The van der Waals surface area contributed by atoms with Crippen LogP contribution in [0.15, 0.2) is 54.6 Å². The molecule has 4 rings (SSSR count). The summed E-state index contributed by atoms with van der Waals surface area (Å²) in [5.41, 5.74) is 1.68. The molecule has 1 N–H and O–H groups in total. The molecular formula is C21H15ClN4O5S. The van der Waals surface area contributed by atoms with Crippen LogP contribution < -0.4 is 5.32 Å². The Hall–Kier alpha value is -3.76. The highest BCUT2D eigenvalue weighted by Crippen LogP contribution is 2.32. The van der Waals surface area contributed by atoms with Crippen molar-refractivity contribution in [2.45, 2.75) is 6.92 Å². The van der Waals surface area contributed by atoms with Crippen molar-refractivity contribution >= 4 is 56.4 Å². The number of para-hydroxylation sites is 1. The van der Waals surface area contributed by atoms with Gasteiger partial charge in [0, 0.05) is 23.2 Å². The minimum Gasteiger partial charge on any atom is -0.451 e. The van der Waals surface area contributed by atoms with Gasteiger partial charge in [-0.1, -0.05) is 23.7 Å². The Kier molecular flexibility index (Phi) is 5.89. The van der Waals surface area contributed by atoms with Crippen molar-refractivity contribution in [1.82, 2.24) is 9.78 Å². The molecule has 0 saturated heterocycles.